The van der Waals surface area contributed by atoms with Crippen molar-refractivity contribution in [3.05, 3.63) is 29.3 Å². The molecule has 0 saturated carbocycles. The number of hydrogen-bond acceptors (Lipinski definition) is 7. The molecule has 1 aromatic rings. The maximum absolute atomic E-state index is 13.1. The van der Waals surface area contributed by atoms with Crippen molar-refractivity contribution in [3.8, 4) is 0 Å². The molecule has 0 bridgehead atoms. The lowest BCUT2D eigenvalue weighted by atomic mass is 10.0. The lowest BCUT2D eigenvalue weighted by Gasteiger charge is -2.27. The summed E-state index contributed by atoms with van der Waals surface area (Å²) in [5, 5.41) is 8.16. The van der Waals surface area contributed by atoms with E-state index in [0.29, 0.717) is 18.8 Å². The molecule has 3 rings (SSSR count). The Morgan fingerprint density at radius 3 is 2.44 bits per heavy atom. The highest BCUT2D eigenvalue weighted by molar-refractivity contribution is 6.25. The van der Waals surface area contributed by atoms with Gasteiger partial charge in [0, 0.05) is 25.2 Å². The second-order valence-corrected chi connectivity index (χ2v) is 9.45. The van der Waals surface area contributed by atoms with Crippen LogP contribution in [0.3, 0.4) is 0 Å². The van der Waals surface area contributed by atoms with Crippen LogP contribution in [0.25, 0.3) is 0 Å². The van der Waals surface area contributed by atoms with Crippen molar-refractivity contribution in [1.29, 1.82) is 0 Å². The van der Waals surface area contributed by atoms with Gasteiger partial charge < -0.3 is 15.4 Å². The van der Waals surface area contributed by atoms with E-state index in [1.165, 1.54) is 0 Å². The summed E-state index contributed by atoms with van der Waals surface area (Å²) in [6.45, 7) is 6.60. The minimum atomic E-state index is -0.979. The quantitative estimate of drug-likeness (QED) is 0.371. The van der Waals surface area contributed by atoms with E-state index in [0.717, 1.165) is 30.6 Å². The molecule has 10 heteroatoms. The molecule has 0 aliphatic carbocycles. The number of nitrogens with zero attached hydrogens (tertiary/aromatic N) is 1. The van der Waals surface area contributed by atoms with Crippen LogP contribution in [-0.4, -0.2) is 59.4 Å². The molecule has 3 N–H and O–H groups in total. The van der Waals surface area contributed by atoms with E-state index in [4.69, 9.17) is 4.74 Å². The van der Waals surface area contributed by atoms with Crippen LogP contribution in [0.5, 0.6) is 0 Å². The van der Waals surface area contributed by atoms with Crippen LogP contribution in [0, 0.1) is 0 Å². The molecule has 2 heterocycles. The Bertz CT molecular complexity index is 984. The zero-order chi connectivity index (χ0) is 24.9. The van der Waals surface area contributed by atoms with Gasteiger partial charge in [-0.25, -0.2) is 4.79 Å². The predicted molar refractivity (Wildman–Crippen MR) is 124 cm³/mol. The molecule has 1 fully saturated rings. The van der Waals surface area contributed by atoms with Crippen molar-refractivity contribution in [2.75, 3.05) is 18.4 Å². The van der Waals surface area contributed by atoms with E-state index < -0.39 is 41.4 Å². The molecule has 10 nitrogen and oxygen atoms in total. The number of hydrogen-bond donors (Lipinski definition) is 3. The Balaban J connectivity index is 1.46. The highest BCUT2D eigenvalue weighted by Gasteiger charge is 2.45. The lowest BCUT2D eigenvalue weighted by Crippen LogP contribution is -2.54. The molecule has 1 saturated heterocycles. The fraction of sp³-hybridized carbons (Fsp3) is 0.542. The summed E-state index contributed by atoms with van der Waals surface area (Å²) >= 11 is 0. The maximum atomic E-state index is 13.1. The zero-order valence-corrected chi connectivity index (χ0v) is 19.9. The van der Waals surface area contributed by atoms with Crippen LogP contribution >= 0.6 is 0 Å². The van der Waals surface area contributed by atoms with Gasteiger partial charge in [0.15, 0.2) is 0 Å². The monoisotopic (exact) mass is 472 g/mol. The molecule has 2 aliphatic rings. The first kappa shape index (κ1) is 25.2. The van der Waals surface area contributed by atoms with Gasteiger partial charge in [-0.15, -0.1) is 0 Å². The molecule has 184 valence electrons. The molecule has 5 amide bonds. The number of benzene rings is 1. The summed E-state index contributed by atoms with van der Waals surface area (Å²) in [5.41, 5.74) is 0.557. The normalized spacial score (nSPS) is 18.0. The SMILES string of the molecule is CC(C)(C)OC(=O)NCCCCCCNc1cccc2c1C(=O)N(C1CCC(=O)NC1=O)C2=O. The van der Waals surface area contributed by atoms with Gasteiger partial charge in [0.25, 0.3) is 11.8 Å². The molecular formula is C24H32N4O6. The molecule has 0 radical (unpaired) electrons. The first-order chi connectivity index (χ1) is 16.1. The number of carbonyl (C=O) groups is 5. The molecule has 1 aromatic carbocycles. The van der Waals surface area contributed by atoms with Gasteiger partial charge in [-0.1, -0.05) is 18.9 Å². The van der Waals surface area contributed by atoms with E-state index >= 15 is 0 Å². The smallest absolute Gasteiger partial charge is 0.407 e. The Labute approximate surface area is 198 Å². The van der Waals surface area contributed by atoms with Gasteiger partial charge in [0.1, 0.15) is 11.6 Å². The largest absolute Gasteiger partial charge is 0.444 e. The van der Waals surface area contributed by atoms with Crippen molar-refractivity contribution in [1.82, 2.24) is 15.5 Å². The highest BCUT2D eigenvalue weighted by atomic mass is 16.6. The van der Waals surface area contributed by atoms with Crippen LogP contribution in [0.15, 0.2) is 18.2 Å². The fourth-order valence-electron chi connectivity index (χ4n) is 3.99. The first-order valence-electron chi connectivity index (χ1n) is 11.6. The number of nitrogens with one attached hydrogen (secondary N) is 3. The van der Waals surface area contributed by atoms with Crippen molar-refractivity contribution < 1.29 is 28.7 Å². The average Bonchev–Trinajstić information content (AvgIpc) is 3.00. The van der Waals surface area contributed by atoms with Crippen LogP contribution in [0.4, 0.5) is 10.5 Å². The van der Waals surface area contributed by atoms with Crippen molar-refractivity contribution in [2.45, 2.75) is 70.9 Å². The minimum Gasteiger partial charge on any atom is -0.444 e. The van der Waals surface area contributed by atoms with Gasteiger partial charge in [0.2, 0.25) is 11.8 Å². The van der Waals surface area contributed by atoms with Crippen molar-refractivity contribution in [2.24, 2.45) is 0 Å². The first-order valence-corrected chi connectivity index (χ1v) is 11.6. The number of fused-ring (bicyclic) bond motifs is 1. The summed E-state index contributed by atoms with van der Waals surface area (Å²) in [4.78, 5) is 62.1. The molecule has 0 aromatic heterocycles. The number of amides is 5. The third-order valence-electron chi connectivity index (χ3n) is 5.56. The number of alkyl carbamates (subject to hydrolysis) is 1. The van der Waals surface area contributed by atoms with E-state index in [9.17, 15) is 24.0 Å². The van der Waals surface area contributed by atoms with Gasteiger partial charge >= 0.3 is 6.09 Å². The number of imide groups is 2. The number of unbranched alkanes of at least 4 members (excludes halogenated alkanes) is 3. The highest BCUT2D eigenvalue weighted by Crippen LogP contribution is 2.32. The van der Waals surface area contributed by atoms with Crippen LogP contribution in [-0.2, 0) is 14.3 Å². The standard InChI is InChI=1S/C24H32N4O6/c1-24(2,3)34-23(33)26-14-7-5-4-6-13-25-16-10-8-9-15-19(16)22(32)28(21(15)31)17-11-12-18(29)27-20(17)30/h8-10,17,25H,4-7,11-14H2,1-3H3,(H,26,33)(H,27,29,30). The van der Waals surface area contributed by atoms with E-state index in [2.05, 4.69) is 16.0 Å². The van der Waals surface area contributed by atoms with Crippen LogP contribution < -0.4 is 16.0 Å². The Hall–Kier alpha value is -3.43. The van der Waals surface area contributed by atoms with E-state index in [-0.39, 0.29) is 24.0 Å². The molecular weight excluding hydrogens is 440 g/mol. The molecule has 34 heavy (non-hydrogen) atoms. The zero-order valence-electron chi connectivity index (χ0n) is 19.9. The summed E-state index contributed by atoms with van der Waals surface area (Å²) in [6, 6.07) is 4.03. The summed E-state index contributed by atoms with van der Waals surface area (Å²) in [5.74, 6) is -2.07. The van der Waals surface area contributed by atoms with Gasteiger partial charge in [-0.05, 0) is 52.2 Å². The number of carbonyl (C=O) groups excluding carboxylic acids is 5. The topological polar surface area (TPSA) is 134 Å². The predicted octanol–water partition coefficient (Wildman–Crippen LogP) is 2.58. The second kappa shape index (κ2) is 10.7. The minimum absolute atomic E-state index is 0.0855. The Morgan fingerprint density at radius 1 is 1.06 bits per heavy atom. The maximum Gasteiger partial charge on any atom is 0.407 e. The van der Waals surface area contributed by atoms with Crippen LogP contribution in [0.2, 0.25) is 0 Å². The Morgan fingerprint density at radius 2 is 1.76 bits per heavy atom. The summed E-state index contributed by atoms with van der Waals surface area (Å²) in [6.07, 6.45) is 3.31. The van der Waals surface area contributed by atoms with E-state index in [1.807, 2.05) is 20.8 Å². The average molecular weight is 473 g/mol. The number of ether oxygens (including phenoxy) is 1. The van der Waals surface area contributed by atoms with Crippen molar-refractivity contribution in [3.63, 3.8) is 0 Å². The van der Waals surface area contributed by atoms with Crippen molar-refractivity contribution >= 4 is 35.4 Å². The number of anilines is 1. The molecule has 1 atom stereocenters. The molecule has 0 spiro atoms. The van der Waals surface area contributed by atoms with Crippen LogP contribution in [0.1, 0.15) is 80.0 Å². The molecule has 1 unspecified atom stereocenters. The summed E-state index contributed by atoms with van der Waals surface area (Å²) < 4.78 is 5.19. The second-order valence-electron chi connectivity index (χ2n) is 9.45. The lowest BCUT2D eigenvalue weighted by molar-refractivity contribution is -0.136. The third-order valence-corrected chi connectivity index (χ3v) is 5.56. The number of rotatable bonds is 9. The fourth-order valence-corrected chi connectivity index (χ4v) is 3.99. The van der Waals surface area contributed by atoms with Gasteiger partial charge in [-0.3, -0.25) is 29.4 Å². The number of piperidine rings is 1. The molecule has 2 aliphatic heterocycles. The summed E-state index contributed by atoms with van der Waals surface area (Å²) in [7, 11) is 0. The third kappa shape index (κ3) is 6.12. The van der Waals surface area contributed by atoms with Gasteiger partial charge in [-0.2, -0.15) is 0 Å². The Kier molecular flexibility index (Phi) is 7.90. The van der Waals surface area contributed by atoms with E-state index in [1.54, 1.807) is 18.2 Å². The van der Waals surface area contributed by atoms with Gasteiger partial charge in [0.05, 0.1) is 11.1 Å².